The van der Waals surface area contributed by atoms with Crippen LogP contribution < -0.4 is 15.8 Å². The second-order valence-electron chi connectivity index (χ2n) is 12.8. The average Bonchev–Trinajstić information content (AvgIpc) is 3.77. The van der Waals surface area contributed by atoms with Gasteiger partial charge < -0.3 is 25.5 Å². The fourth-order valence-corrected chi connectivity index (χ4v) is 7.60. The van der Waals surface area contributed by atoms with E-state index in [2.05, 4.69) is 15.2 Å². The van der Waals surface area contributed by atoms with E-state index in [1.165, 1.54) is 0 Å². The summed E-state index contributed by atoms with van der Waals surface area (Å²) in [4.78, 5) is 20.4. The minimum atomic E-state index is -0.491. The third-order valence-corrected chi connectivity index (χ3v) is 10.7. The molecule has 1 aliphatic heterocycles. The van der Waals surface area contributed by atoms with E-state index in [-0.39, 0.29) is 36.2 Å². The molecule has 7 rings (SSSR count). The highest BCUT2D eigenvalue weighted by molar-refractivity contribution is 6.36. The second kappa shape index (κ2) is 12.9. The molecular formula is C36H38Cl2FN5O3. The van der Waals surface area contributed by atoms with Gasteiger partial charge in [-0.1, -0.05) is 53.5 Å². The Hall–Kier alpha value is -3.47. The number of ether oxygens (including phenoxy) is 1. The van der Waals surface area contributed by atoms with E-state index in [0.717, 1.165) is 71.4 Å². The Morgan fingerprint density at radius 3 is 2.64 bits per heavy atom. The monoisotopic (exact) mass is 677 g/mol. The Morgan fingerprint density at radius 1 is 1.13 bits per heavy atom. The molecule has 47 heavy (non-hydrogen) atoms. The van der Waals surface area contributed by atoms with Crippen LogP contribution in [0.5, 0.6) is 5.75 Å². The van der Waals surface area contributed by atoms with Gasteiger partial charge in [0, 0.05) is 56.0 Å². The number of carbonyl (C=O) groups excluding carboxylic acids is 1. The van der Waals surface area contributed by atoms with Gasteiger partial charge in [-0.2, -0.15) is 0 Å². The van der Waals surface area contributed by atoms with E-state index < -0.39 is 5.82 Å². The Balaban J connectivity index is 1.14. The van der Waals surface area contributed by atoms with Crippen molar-refractivity contribution in [2.45, 2.75) is 70.2 Å². The lowest BCUT2D eigenvalue weighted by Crippen LogP contribution is -2.39. The zero-order valence-electron chi connectivity index (χ0n) is 26.5. The number of rotatable bonds is 9. The molecule has 0 radical (unpaired) electrons. The van der Waals surface area contributed by atoms with Gasteiger partial charge in [-0.3, -0.25) is 9.69 Å². The first-order valence-corrected chi connectivity index (χ1v) is 16.9. The van der Waals surface area contributed by atoms with Gasteiger partial charge in [0.1, 0.15) is 22.7 Å². The van der Waals surface area contributed by atoms with Crippen LogP contribution in [-0.4, -0.2) is 44.7 Å². The summed E-state index contributed by atoms with van der Waals surface area (Å²) in [5.74, 6) is 0.129. The number of nitrogens with two attached hydrogens (primary N) is 1. The van der Waals surface area contributed by atoms with Crippen molar-refractivity contribution in [1.82, 2.24) is 14.5 Å². The van der Waals surface area contributed by atoms with E-state index in [4.69, 9.17) is 33.7 Å². The molecule has 1 aromatic heterocycles. The first kappa shape index (κ1) is 32.1. The summed E-state index contributed by atoms with van der Waals surface area (Å²) in [6.45, 7) is 3.53. The predicted molar refractivity (Wildman–Crippen MR) is 182 cm³/mol. The third kappa shape index (κ3) is 5.82. The van der Waals surface area contributed by atoms with Gasteiger partial charge in [-0.15, -0.1) is 0 Å². The van der Waals surface area contributed by atoms with E-state index in [9.17, 15) is 9.90 Å². The number of halogens is 3. The highest BCUT2D eigenvalue weighted by Gasteiger charge is 2.33. The molecule has 246 valence electrons. The van der Waals surface area contributed by atoms with Gasteiger partial charge in [-0.25, -0.2) is 9.37 Å². The number of hydrogen-bond donors (Lipinski definition) is 3. The highest BCUT2D eigenvalue weighted by Crippen LogP contribution is 2.48. The van der Waals surface area contributed by atoms with Crippen molar-refractivity contribution in [3.63, 3.8) is 0 Å². The normalized spacial score (nSPS) is 18.1. The van der Waals surface area contributed by atoms with Gasteiger partial charge in [0.2, 0.25) is 0 Å². The molecule has 1 saturated carbocycles. The number of aromatic nitrogens is 2. The molecule has 1 amide bonds. The fraction of sp³-hybridized carbons (Fsp3) is 0.389. The van der Waals surface area contributed by atoms with Crippen LogP contribution in [0.2, 0.25) is 10.0 Å². The zero-order valence-corrected chi connectivity index (χ0v) is 28.0. The summed E-state index contributed by atoms with van der Waals surface area (Å²) in [6.07, 6.45) is 3.91. The lowest BCUT2D eigenvalue weighted by atomic mass is 9.96. The molecule has 2 atom stereocenters. The van der Waals surface area contributed by atoms with Gasteiger partial charge in [0.25, 0.3) is 5.91 Å². The first-order chi connectivity index (χ1) is 22.7. The number of benzene rings is 3. The van der Waals surface area contributed by atoms with Crippen molar-refractivity contribution in [3.8, 4) is 16.9 Å². The minimum absolute atomic E-state index is 0.0223. The molecule has 1 fully saturated rings. The van der Waals surface area contributed by atoms with Crippen LogP contribution in [0.25, 0.3) is 11.1 Å². The Bertz CT molecular complexity index is 1870. The number of anilines is 1. The van der Waals surface area contributed by atoms with Crippen LogP contribution in [0.15, 0.2) is 42.5 Å². The van der Waals surface area contributed by atoms with Crippen LogP contribution in [0, 0.1) is 5.82 Å². The molecule has 4 aromatic rings. The van der Waals surface area contributed by atoms with E-state index >= 15 is 4.39 Å². The van der Waals surface area contributed by atoms with Crippen LogP contribution in [-0.2, 0) is 33.0 Å². The molecule has 3 aliphatic rings. The lowest BCUT2D eigenvalue weighted by molar-refractivity contribution is 0.101. The maximum absolute atomic E-state index is 15.2. The molecule has 2 heterocycles. The summed E-state index contributed by atoms with van der Waals surface area (Å²) in [5.41, 5.74) is 13.5. The predicted octanol–water partition coefficient (Wildman–Crippen LogP) is 6.93. The topological polar surface area (TPSA) is 106 Å². The van der Waals surface area contributed by atoms with Crippen molar-refractivity contribution in [1.29, 1.82) is 0 Å². The number of hydrogen-bond acceptors (Lipinski definition) is 6. The number of aliphatic hydroxyl groups excluding tert-OH is 1. The quantitative estimate of drug-likeness (QED) is 0.178. The standard InChI is InChI=1S/C36H38Cl2FN5O3/c1-19(18-45)44-14-13-29-28(17-44)41-35(43(29)2)36(46)42-27-8-4-7-24(32(27)37)21-5-3-6-23-22(21)11-12-30(23)47-31-15-25(20-9-10-20)26(16-40)34(39)33(31)38/h3-8,15,19-20,30,45H,9-14,16-18,40H2,1-2H3,(H,42,46). The molecule has 11 heteroatoms. The number of carbonyl (C=O) groups is 1. The summed E-state index contributed by atoms with van der Waals surface area (Å²) in [7, 11) is 1.86. The maximum atomic E-state index is 15.2. The van der Waals surface area contributed by atoms with Gasteiger partial charge >= 0.3 is 0 Å². The van der Waals surface area contributed by atoms with Crippen LogP contribution in [0.3, 0.4) is 0 Å². The van der Waals surface area contributed by atoms with Crippen LogP contribution in [0.1, 0.15) is 82.5 Å². The van der Waals surface area contributed by atoms with Crippen molar-refractivity contribution in [2.75, 3.05) is 18.5 Å². The molecule has 0 bridgehead atoms. The largest absolute Gasteiger partial charge is 0.484 e. The Morgan fingerprint density at radius 2 is 1.89 bits per heavy atom. The Labute approximate surface area is 283 Å². The van der Waals surface area contributed by atoms with Crippen molar-refractivity contribution in [3.05, 3.63) is 97.8 Å². The van der Waals surface area contributed by atoms with Gasteiger partial charge in [-0.05, 0) is 72.9 Å². The SMILES string of the molecule is CC(CO)N1CCc2c(nc(C(=O)Nc3cccc(-c4cccc5c4CCC5Oc4cc(C5CC5)c(CN)c(F)c4Cl)c3Cl)n2C)C1. The molecule has 3 aromatic carbocycles. The Kier molecular flexibility index (Phi) is 8.78. The molecule has 2 unspecified atom stereocenters. The van der Waals surface area contributed by atoms with Gasteiger partial charge in [0.05, 0.1) is 23.0 Å². The summed E-state index contributed by atoms with van der Waals surface area (Å²) in [6, 6.07) is 13.5. The number of aliphatic hydroxyl groups is 1. The molecule has 2 aliphatic carbocycles. The molecule has 8 nitrogen and oxygen atoms in total. The summed E-state index contributed by atoms with van der Waals surface area (Å²) in [5, 5.41) is 13.0. The lowest BCUT2D eigenvalue weighted by Gasteiger charge is -2.30. The van der Waals surface area contributed by atoms with Crippen LogP contribution >= 0.6 is 23.2 Å². The number of fused-ring (bicyclic) bond motifs is 2. The summed E-state index contributed by atoms with van der Waals surface area (Å²) >= 11 is 13.5. The number of nitrogens with zero attached hydrogens (tertiary/aromatic N) is 3. The van der Waals surface area contributed by atoms with E-state index in [1.807, 2.05) is 54.9 Å². The highest BCUT2D eigenvalue weighted by atomic mass is 35.5. The van der Waals surface area contributed by atoms with Crippen molar-refractivity contribution in [2.24, 2.45) is 12.8 Å². The number of imidazole rings is 1. The third-order valence-electron chi connectivity index (χ3n) is 9.93. The number of amides is 1. The summed E-state index contributed by atoms with van der Waals surface area (Å²) < 4.78 is 23.5. The maximum Gasteiger partial charge on any atom is 0.291 e. The van der Waals surface area contributed by atoms with Crippen molar-refractivity contribution >= 4 is 34.8 Å². The smallest absolute Gasteiger partial charge is 0.291 e. The molecular weight excluding hydrogens is 640 g/mol. The first-order valence-electron chi connectivity index (χ1n) is 16.2. The minimum Gasteiger partial charge on any atom is -0.484 e. The van der Waals surface area contributed by atoms with Gasteiger partial charge in [0.15, 0.2) is 5.82 Å². The fourth-order valence-electron chi connectivity index (χ4n) is 7.11. The zero-order chi connectivity index (χ0) is 33.0. The van der Waals surface area contributed by atoms with Crippen molar-refractivity contribution < 1.29 is 19.0 Å². The molecule has 0 saturated heterocycles. The number of nitrogens with one attached hydrogen (secondary N) is 1. The van der Waals surface area contributed by atoms with Crippen LogP contribution in [0.4, 0.5) is 10.1 Å². The average molecular weight is 679 g/mol. The molecule has 0 spiro atoms. The second-order valence-corrected chi connectivity index (χ2v) is 13.6. The van der Waals surface area contributed by atoms with E-state index in [0.29, 0.717) is 46.7 Å². The van der Waals surface area contributed by atoms with E-state index in [1.54, 1.807) is 6.07 Å². The molecule has 4 N–H and O–H groups in total.